The first-order chi connectivity index (χ1) is 12.9. The number of hydrogen-bond donors (Lipinski definition) is 0. The van der Waals surface area contributed by atoms with Crippen molar-refractivity contribution < 1.29 is 23.8 Å². The van der Waals surface area contributed by atoms with Gasteiger partial charge in [-0.25, -0.2) is 4.79 Å². The van der Waals surface area contributed by atoms with Crippen molar-refractivity contribution >= 4 is 35.1 Å². The molecule has 0 N–H and O–H groups in total. The maximum atomic E-state index is 12.1. The Hall–Kier alpha value is -2.44. The van der Waals surface area contributed by atoms with Crippen LogP contribution in [0.15, 0.2) is 42.5 Å². The highest BCUT2D eigenvalue weighted by atomic mass is 35.5. The second-order valence-corrected chi connectivity index (χ2v) is 6.44. The van der Waals surface area contributed by atoms with Crippen LogP contribution in [0, 0.1) is 0 Å². The monoisotopic (exact) mass is 411 g/mol. The number of hydrogen-bond acceptors (Lipinski definition) is 5. The molecule has 0 bridgehead atoms. The molecule has 0 atom stereocenters. The maximum Gasteiger partial charge on any atom is 0.344 e. The Morgan fingerprint density at radius 1 is 0.963 bits per heavy atom. The zero-order valence-electron chi connectivity index (χ0n) is 14.9. The molecule has 0 fully saturated rings. The summed E-state index contributed by atoms with van der Waals surface area (Å²) in [5, 5.41) is 0.859. The second kappa shape index (κ2) is 10.0. The van der Waals surface area contributed by atoms with Gasteiger partial charge in [-0.15, -0.1) is 0 Å². The highest BCUT2D eigenvalue weighted by Crippen LogP contribution is 2.23. The van der Waals surface area contributed by atoms with E-state index in [1.54, 1.807) is 56.6 Å². The van der Waals surface area contributed by atoms with Crippen molar-refractivity contribution in [2.45, 2.75) is 6.54 Å². The molecule has 1 amide bonds. The maximum absolute atomic E-state index is 12.1. The van der Waals surface area contributed by atoms with Crippen molar-refractivity contribution in [2.75, 3.05) is 27.4 Å². The molecular formula is C19H19Cl2NO5. The highest BCUT2D eigenvalue weighted by molar-refractivity contribution is 6.42. The summed E-state index contributed by atoms with van der Waals surface area (Å²) < 4.78 is 15.3. The molecular weight excluding hydrogens is 393 g/mol. The van der Waals surface area contributed by atoms with E-state index in [0.29, 0.717) is 28.1 Å². The van der Waals surface area contributed by atoms with Crippen LogP contribution in [-0.2, 0) is 20.9 Å². The summed E-state index contributed by atoms with van der Waals surface area (Å²) in [7, 11) is 3.16. The smallest absolute Gasteiger partial charge is 0.344 e. The minimum Gasteiger partial charge on any atom is -0.497 e. The van der Waals surface area contributed by atoms with E-state index in [1.807, 2.05) is 0 Å². The van der Waals surface area contributed by atoms with Gasteiger partial charge in [-0.05, 0) is 42.0 Å². The molecule has 0 aliphatic carbocycles. The van der Waals surface area contributed by atoms with Crippen molar-refractivity contribution in [1.82, 2.24) is 4.90 Å². The van der Waals surface area contributed by atoms with Gasteiger partial charge in [0, 0.05) is 13.6 Å². The third-order valence-electron chi connectivity index (χ3n) is 3.60. The lowest BCUT2D eigenvalue weighted by atomic mass is 10.2. The number of esters is 1. The fraction of sp³-hybridized carbons (Fsp3) is 0.263. The van der Waals surface area contributed by atoms with Crippen molar-refractivity contribution in [2.24, 2.45) is 0 Å². The summed E-state index contributed by atoms with van der Waals surface area (Å²) >= 11 is 11.8. The van der Waals surface area contributed by atoms with Gasteiger partial charge in [-0.1, -0.05) is 29.3 Å². The molecule has 8 heteroatoms. The number of ether oxygens (including phenoxy) is 3. The number of benzene rings is 2. The molecule has 0 unspecified atom stereocenters. The molecule has 0 heterocycles. The molecule has 0 radical (unpaired) electrons. The average molecular weight is 412 g/mol. The van der Waals surface area contributed by atoms with Gasteiger partial charge in [-0.2, -0.15) is 0 Å². The lowest BCUT2D eigenvalue weighted by Crippen LogP contribution is -2.31. The third kappa shape index (κ3) is 6.66. The van der Waals surface area contributed by atoms with E-state index in [1.165, 1.54) is 4.90 Å². The summed E-state index contributed by atoms with van der Waals surface area (Å²) in [5.41, 5.74) is 0.814. The Balaban J connectivity index is 1.74. The SMILES string of the molecule is COc1ccc(OCC(=O)OCC(=O)N(C)Cc2ccc(Cl)c(Cl)c2)cc1. The normalized spacial score (nSPS) is 10.2. The number of amides is 1. The number of carbonyl (C=O) groups excluding carboxylic acids is 2. The number of carbonyl (C=O) groups is 2. The largest absolute Gasteiger partial charge is 0.497 e. The lowest BCUT2D eigenvalue weighted by Gasteiger charge is -2.17. The minimum atomic E-state index is -0.637. The summed E-state index contributed by atoms with van der Waals surface area (Å²) in [6.07, 6.45) is 0. The van der Waals surface area contributed by atoms with Crippen LogP contribution in [0.4, 0.5) is 0 Å². The number of likely N-dealkylation sites (N-methyl/N-ethyl adjacent to an activating group) is 1. The Morgan fingerprint density at radius 2 is 1.63 bits per heavy atom. The zero-order valence-corrected chi connectivity index (χ0v) is 16.4. The number of halogens is 2. The summed E-state index contributed by atoms with van der Waals surface area (Å²) in [4.78, 5) is 25.2. The third-order valence-corrected chi connectivity index (χ3v) is 4.34. The summed E-state index contributed by atoms with van der Waals surface area (Å²) in [5.74, 6) is 0.192. The molecule has 27 heavy (non-hydrogen) atoms. The first-order valence-electron chi connectivity index (χ1n) is 7.99. The molecule has 6 nitrogen and oxygen atoms in total. The molecule has 0 aliphatic rings. The van der Waals surface area contributed by atoms with Crippen LogP contribution >= 0.6 is 23.2 Å². The van der Waals surface area contributed by atoms with Gasteiger partial charge in [0.15, 0.2) is 13.2 Å². The molecule has 2 aromatic carbocycles. The number of rotatable bonds is 8. The van der Waals surface area contributed by atoms with Crippen LogP contribution in [0.1, 0.15) is 5.56 Å². The highest BCUT2D eigenvalue weighted by Gasteiger charge is 2.13. The van der Waals surface area contributed by atoms with Crippen molar-refractivity contribution in [3.8, 4) is 11.5 Å². The molecule has 2 rings (SSSR count). The Labute approximate surface area is 167 Å². The molecule has 144 valence electrons. The predicted octanol–water partition coefficient (Wildman–Crippen LogP) is 3.58. The molecule has 0 saturated carbocycles. The fourth-order valence-electron chi connectivity index (χ4n) is 2.11. The first kappa shape index (κ1) is 20.9. The van der Waals surface area contributed by atoms with Gasteiger partial charge >= 0.3 is 5.97 Å². The van der Waals surface area contributed by atoms with Gasteiger partial charge in [0.25, 0.3) is 5.91 Å². The van der Waals surface area contributed by atoms with E-state index in [-0.39, 0.29) is 19.1 Å². The van der Waals surface area contributed by atoms with Crippen molar-refractivity contribution in [1.29, 1.82) is 0 Å². The van der Waals surface area contributed by atoms with Crippen molar-refractivity contribution in [3.05, 3.63) is 58.1 Å². The van der Waals surface area contributed by atoms with Gasteiger partial charge in [-0.3, -0.25) is 4.79 Å². The number of nitrogens with zero attached hydrogens (tertiary/aromatic N) is 1. The Kier molecular flexibility index (Phi) is 7.76. The summed E-state index contributed by atoms with van der Waals surface area (Å²) in [6, 6.07) is 11.9. The number of methoxy groups -OCH3 is 1. The van der Waals surface area contributed by atoms with E-state index in [4.69, 9.17) is 37.4 Å². The van der Waals surface area contributed by atoms with Gasteiger partial charge in [0.1, 0.15) is 11.5 Å². The Morgan fingerprint density at radius 3 is 2.26 bits per heavy atom. The van der Waals surface area contributed by atoms with E-state index in [2.05, 4.69) is 0 Å². The van der Waals surface area contributed by atoms with E-state index in [9.17, 15) is 9.59 Å². The van der Waals surface area contributed by atoms with E-state index in [0.717, 1.165) is 5.56 Å². The second-order valence-electron chi connectivity index (χ2n) is 5.62. The average Bonchev–Trinajstić information content (AvgIpc) is 2.67. The fourth-order valence-corrected chi connectivity index (χ4v) is 2.43. The standard InChI is InChI=1S/C19H19Cl2NO5/c1-22(10-13-3-8-16(20)17(21)9-13)18(23)11-27-19(24)12-26-15-6-4-14(25-2)5-7-15/h3-9H,10-12H2,1-2H3. The quantitative estimate of drug-likeness (QED) is 0.621. The van der Waals surface area contributed by atoms with Crippen LogP contribution < -0.4 is 9.47 Å². The first-order valence-corrected chi connectivity index (χ1v) is 8.75. The predicted molar refractivity (Wildman–Crippen MR) is 102 cm³/mol. The van der Waals surface area contributed by atoms with Crippen LogP contribution in [0.25, 0.3) is 0 Å². The zero-order chi connectivity index (χ0) is 19.8. The molecule has 0 saturated heterocycles. The minimum absolute atomic E-state index is 0.296. The van der Waals surface area contributed by atoms with Gasteiger partial charge in [0.05, 0.1) is 17.2 Å². The van der Waals surface area contributed by atoms with E-state index >= 15 is 0 Å². The van der Waals surface area contributed by atoms with Gasteiger partial charge < -0.3 is 19.1 Å². The topological polar surface area (TPSA) is 65.1 Å². The molecule has 2 aromatic rings. The van der Waals surface area contributed by atoms with Gasteiger partial charge in [0.2, 0.25) is 0 Å². The van der Waals surface area contributed by atoms with Crippen LogP contribution in [0.2, 0.25) is 10.0 Å². The van der Waals surface area contributed by atoms with Crippen LogP contribution in [0.3, 0.4) is 0 Å². The Bertz CT molecular complexity index is 795. The lowest BCUT2D eigenvalue weighted by molar-refractivity contribution is -0.153. The van der Waals surface area contributed by atoms with Crippen molar-refractivity contribution in [3.63, 3.8) is 0 Å². The van der Waals surface area contributed by atoms with E-state index < -0.39 is 5.97 Å². The molecule has 0 spiro atoms. The molecule has 0 aliphatic heterocycles. The summed E-state index contributed by atoms with van der Waals surface area (Å²) in [6.45, 7) is -0.353. The van der Waals surface area contributed by atoms with Crippen LogP contribution in [-0.4, -0.2) is 44.1 Å². The molecule has 0 aromatic heterocycles. The van der Waals surface area contributed by atoms with Crippen LogP contribution in [0.5, 0.6) is 11.5 Å².